The molecule has 4 bridgehead atoms. The van der Waals surface area contributed by atoms with Crippen LogP contribution in [-0.4, -0.2) is 23.3 Å². The molecule has 28 heavy (non-hydrogen) atoms. The molecule has 146 valence electrons. The molecule has 0 N–H and O–H groups in total. The van der Waals surface area contributed by atoms with Crippen LogP contribution in [0, 0.1) is 23.2 Å². The SMILES string of the molecule is O=C(Cc1coc(-c2ccccc2)n1)OCC(=O)C12CC3CC(CC(C3)C1)C2. The number of carbonyl (C=O) groups is 2. The number of ketones is 1. The van der Waals surface area contributed by atoms with Gasteiger partial charge in [-0.3, -0.25) is 9.59 Å². The Morgan fingerprint density at radius 2 is 1.68 bits per heavy atom. The lowest BCUT2D eigenvalue weighted by molar-refractivity contribution is -0.157. The normalized spacial score (nSPS) is 30.4. The van der Waals surface area contributed by atoms with Crippen LogP contribution in [0.4, 0.5) is 0 Å². The molecule has 0 atom stereocenters. The first-order valence-corrected chi connectivity index (χ1v) is 10.3. The molecular formula is C23H25NO4. The molecule has 6 rings (SSSR count). The Balaban J connectivity index is 1.17. The van der Waals surface area contributed by atoms with Crippen LogP contribution in [-0.2, 0) is 20.7 Å². The van der Waals surface area contributed by atoms with Crippen LogP contribution >= 0.6 is 0 Å². The molecular weight excluding hydrogens is 354 g/mol. The largest absolute Gasteiger partial charge is 0.457 e. The van der Waals surface area contributed by atoms with Crippen molar-refractivity contribution in [2.45, 2.75) is 44.9 Å². The Labute approximate surface area is 164 Å². The van der Waals surface area contributed by atoms with E-state index in [1.165, 1.54) is 25.5 Å². The summed E-state index contributed by atoms with van der Waals surface area (Å²) < 4.78 is 10.8. The van der Waals surface area contributed by atoms with Crippen LogP contribution in [0.3, 0.4) is 0 Å². The molecule has 0 radical (unpaired) electrons. The van der Waals surface area contributed by atoms with Crippen LogP contribution in [0.25, 0.3) is 11.5 Å². The standard InChI is InChI=1S/C23H25NO4/c25-20(23-10-15-6-16(11-23)8-17(7-15)12-23)14-27-21(26)9-19-13-28-22(24-19)18-4-2-1-3-5-18/h1-5,13,15-17H,6-12,14H2. The van der Waals surface area contributed by atoms with E-state index in [0.29, 0.717) is 29.3 Å². The third kappa shape index (κ3) is 3.27. The Bertz CT molecular complexity index is 850. The third-order valence-electron chi connectivity index (χ3n) is 6.89. The average molecular weight is 379 g/mol. The number of hydrogen-bond donors (Lipinski definition) is 0. The second-order valence-corrected chi connectivity index (χ2v) is 8.97. The van der Waals surface area contributed by atoms with E-state index < -0.39 is 5.97 Å². The molecule has 5 nitrogen and oxygen atoms in total. The number of aromatic nitrogens is 1. The highest BCUT2D eigenvalue weighted by molar-refractivity contribution is 5.88. The lowest BCUT2D eigenvalue weighted by Gasteiger charge is -2.55. The van der Waals surface area contributed by atoms with Crippen LogP contribution in [0.15, 0.2) is 41.0 Å². The molecule has 2 aromatic rings. The van der Waals surface area contributed by atoms with E-state index in [0.717, 1.165) is 24.8 Å². The predicted octanol–water partition coefficient (Wildman–Crippen LogP) is 4.21. The van der Waals surface area contributed by atoms with E-state index in [1.54, 1.807) is 0 Å². The highest BCUT2D eigenvalue weighted by atomic mass is 16.5. The van der Waals surface area contributed by atoms with E-state index in [2.05, 4.69) is 4.98 Å². The van der Waals surface area contributed by atoms with Gasteiger partial charge < -0.3 is 9.15 Å². The monoisotopic (exact) mass is 379 g/mol. The molecule has 0 spiro atoms. The lowest BCUT2D eigenvalue weighted by atomic mass is 9.48. The number of carbonyl (C=O) groups excluding carboxylic acids is 2. The number of benzene rings is 1. The lowest BCUT2D eigenvalue weighted by Crippen LogP contribution is -2.51. The van der Waals surface area contributed by atoms with Gasteiger partial charge in [0, 0.05) is 11.0 Å². The van der Waals surface area contributed by atoms with Gasteiger partial charge in [0.25, 0.3) is 0 Å². The van der Waals surface area contributed by atoms with Gasteiger partial charge in [-0.2, -0.15) is 0 Å². The van der Waals surface area contributed by atoms with Crippen molar-refractivity contribution >= 4 is 11.8 Å². The molecule has 4 fully saturated rings. The summed E-state index contributed by atoms with van der Waals surface area (Å²) in [5.74, 6) is 2.30. The zero-order valence-electron chi connectivity index (χ0n) is 15.9. The number of ether oxygens (including phenoxy) is 1. The van der Waals surface area contributed by atoms with Gasteiger partial charge in [0.05, 0.1) is 12.1 Å². The van der Waals surface area contributed by atoms with Crippen LogP contribution in [0.1, 0.15) is 44.2 Å². The summed E-state index contributed by atoms with van der Waals surface area (Å²) in [6.45, 7) is -0.103. The van der Waals surface area contributed by atoms with Crippen molar-refractivity contribution in [3.05, 3.63) is 42.3 Å². The maximum Gasteiger partial charge on any atom is 0.312 e. The minimum Gasteiger partial charge on any atom is -0.457 e. The molecule has 4 saturated carbocycles. The molecule has 0 unspecified atom stereocenters. The molecule has 0 saturated heterocycles. The first-order chi connectivity index (χ1) is 13.6. The Hall–Kier alpha value is -2.43. The number of rotatable bonds is 6. The third-order valence-corrected chi connectivity index (χ3v) is 6.89. The van der Waals surface area contributed by atoms with E-state index in [-0.39, 0.29) is 24.2 Å². The summed E-state index contributed by atoms with van der Waals surface area (Å²) in [7, 11) is 0. The molecule has 1 aromatic carbocycles. The average Bonchev–Trinajstić information content (AvgIpc) is 3.14. The highest BCUT2D eigenvalue weighted by Gasteiger charge is 2.54. The summed E-state index contributed by atoms with van der Waals surface area (Å²) in [4.78, 5) is 29.5. The van der Waals surface area contributed by atoms with Gasteiger partial charge in [-0.05, 0) is 68.4 Å². The van der Waals surface area contributed by atoms with E-state index in [1.807, 2.05) is 30.3 Å². The molecule has 0 aliphatic heterocycles. The van der Waals surface area contributed by atoms with Crippen molar-refractivity contribution in [2.24, 2.45) is 23.2 Å². The van der Waals surface area contributed by atoms with Crippen LogP contribution in [0.2, 0.25) is 0 Å². The van der Waals surface area contributed by atoms with Crippen LogP contribution < -0.4 is 0 Å². The number of esters is 1. The van der Waals surface area contributed by atoms with Crippen molar-refractivity contribution in [3.8, 4) is 11.5 Å². The number of Topliss-reactive ketones (excluding diaryl/α,β-unsaturated/α-hetero) is 1. The van der Waals surface area contributed by atoms with Crippen molar-refractivity contribution in [2.75, 3.05) is 6.61 Å². The maximum atomic E-state index is 12.9. The number of hydrogen-bond acceptors (Lipinski definition) is 5. The van der Waals surface area contributed by atoms with Crippen LogP contribution in [0.5, 0.6) is 0 Å². The van der Waals surface area contributed by atoms with Crippen molar-refractivity contribution < 1.29 is 18.7 Å². The number of oxazole rings is 1. The summed E-state index contributed by atoms with van der Waals surface area (Å²) >= 11 is 0. The van der Waals surface area contributed by atoms with E-state index >= 15 is 0 Å². The van der Waals surface area contributed by atoms with Gasteiger partial charge in [-0.1, -0.05) is 18.2 Å². The van der Waals surface area contributed by atoms with Gasteiger partial charge in [0.1, 0.15) is 6.26 Å². The van der Waals surface area contributed by atoms with Gasteiger partial charge in [-0.25, -0.2) is 4.98 Å². The topological polar surface area (TPSA) is 69.4 Å². The van der Waals surface area contributed by atoms with Crippen molar-refractivity contribution in [1.29, 1.82) is 0 Å². The minimum absolute atomic E-state index is 0.0183. The Kier molecular flexibility index (Phi) is 4.33. The first kappa shape index (κ1) is 17.7. The van der Waals surface area contributed by atoms with Crippen molar-refractivity contribution in [1.82, 2.24) is 4.98 Å². The van der Waals surface area contributed by atoms with Gasteiger partial charge in [-0.15, -0.1) is 0 Å². The van der Waals surface area contributed by atoms with Gasteiger partial charge in [0.2, 0.25) is 5.89 Å². The first-order valence-electron chi connectivity index (χ1n) is 10.3. The second-order valence-electron chi connectivity index (χ2n) is 8.97. The zero-order valence-corrected chi connectivity index (χ0v) is 15.9. The fourth-order valence-electron chi connectivity index (χ4n) is 6.05. The molecule has 1 heterocycles. The van der Waals surface area contributed by atoms with Gasteiger partial charge >= 0.3 is 5.97 Å². The van der Waals surface area contributed by atoms with Crippen molar-refractivity contribution in [3.63, 3.8) is 0 Å². The van der Waals surface area contributed by atoms with Gasteiger partial charge in [0.15, 0.2) is 12.4 Å². The zero-order chi connectivity index (χ0) is 19.1. The van der Waals surface area contributed by atoms with E-state index in [4.69, 9.17) is 9.15 Å². The summed E-state index contributed by atoms with van der Waals surface area (Å²) in [5.41, 5.74) is 1.16. The summed E-state index contributed by atoms with van der Waals surface area (Å²) in [6, 6.07) is 9.54. The smallest absolute Gasteiger partial charge is 0.312 e. The fraction of sp³-hybridized carbons (Fsp3) is 0.522. The summed E-state index contributed by atoms with van der Waals surface area (Å²) in [6.07, 6.45) is 8.37. The molecule has 4 aliphatic rings. The van der Waals surface area contributed by atoms with E-state index in [9.17, 15) is 9.59 Å². The summed E-state index contributed by atoms with van der Waals surface area (Å²) in [5, 5.41) is 0. The maximum absolute atomic E-state index is 12.9. The molecule has 4 aliphatic carbocycles. The minimum atomic E-state index is -0.425. The number of nitrogens with zero attached hydrogens (tertiary/aromatic N) is 1. The second kappa shape index (κ2) is 6.87. The Morgan fingerprint density at radius 1 is 1.04 bits per heavy atom. The fourth-order valence-corrected chi connectivity index (χ4v) is 6.05. The molecule has 0 amide bonds. The highest BCUT2D eigenvalue weighted by Crippen LogP contribution is 2.60. The predicted molar refractivity (Wildman–Crippen MR) is 102 cm³/mol. The molecule has 1 aromatic heterocycles. The quantitative estimate of drug-likeness (QED) is 0.703. The Morgan fingerprint density at radius 3 is 2.32 bits per heavy atom. The molecule has 5 heteroatoms.